The third-order valence-corrected chi connectivity index (χ3v) is 7.72. The van der Waals surface area contributed by atoms with Crippen LogP contribution in [0.25, 0.3) is 22.0 Å². The number of carbonyl (C=O) groups is 1. The zero-order valence-electron chi connectivity index (χ0n) is 22.3. The third-order valence-electron chi connectivity index (χ3n) is 6.94. The number of nitrogens with one attached hydrogen (secondary N) is 1. The van der Waals surface area contributed by atoms with Crippen molar-refractivity contribution in [3.8, 4) is 22.9 Å². The number of amides is 1. The molecule has 0 bridgehead atoms. The van der Waals surface area contributed by atoms with E-state index in [-0.39, 0.29) is 18.8 Å². The molecule has 0 radical (unpaired) electrons. The molecule has 3 aromatic rings. The Bertz CT molecular complexity index is 1390. The largest absolute Gasteiger partial charge is 0.478 e. The van der Waals surface area contributed by atoms with E-state index in [2.05, 4.69) is 19.7 Å². The van der Waals surface area contributed by atoms with E-state index in [1.165, 1.54) is 0 Å². The zero-order chi connectivity index (χ0) is 27.7. The van der Waals surface area contributed by atoms with Crippen LogP contribution in [0.1, 0.15) is 32.9 Å². The van der Waals surface area contributed by atoms with Gasteiger partial charge in [-0.1, -0.05) is 23.2 Å². The summed E-state index contributed by atoms with van der Waals surface area (Å²) in [6.45, 7) is 10.0. The number of fused-ring (bicyclic) bond motifs is 3. The van der Waals surface area contributed by atoms with E-state index < -0.39 is 5.60 Å². The summed E-state index contributed by atoms with van der Waals surface area (Å²) < 4.78 is 19.6. The molecule has 2 aliphatic rings. The molecule has 208 valence electrons. The van der Waals surface area contributed by atoms with Gasteiger partial charge in [0, 0.05) is 61.8 Å². The van der Waals surface area contributed by atoms with Crippen molar-refractivity contribution >= 4 is 40.2 Å². The maximum absolute atomic E-state index is 12.6. The number of hydrogen-bond donors (Lipinski definition) is 1. The first-order chi connectivity index (χ1) is 18.7. The highest BCUT2D eigenvalue weighted by atomic mass is 35.5. The summed E-state index contributed by atoms with van der Waals surface area (Å²) in [4.78, 5) is 16.7. The van der Waals surface area contributed by atoms with Gasteiger partial charge in [0.1, 0.15) is 17.4 Å². The van der Waals surface area contributed by atoms with Crippen molar-refractivity contribution in [2.75, 3.05) is 39.4 Å². The van der Waals surface area contributed by atoms with Gasteiger partial charge in [-0.15, -0.1) is 0 Å². The fourth-order valence-electron chi connectivity index (χ4n) is 5.27. The first-order valence-electron chi connectivity index (χ1n) is 13.0. The Hall–Kier alpha value is -2.97. The Morgan fingerprint density at radius 3 is 2.85 bits per heavy atom. The average Bonchev–Trinajstić information content (AvgIpc) is 3.54. The molecule has 0 saturated carbocycles. The first-order valence-corrected chi connectivity index (χ1v) is 13.8. The highest BCUT2D eigenvalue weighted by Gasteiger charge is 2.31. The van der Waals surface area contributed by atoms with Gasteiger partial charge in [-0.05, 0) is 27.2 Å². The number of aromatic amines is 1. The third kappa shape index (κ3) is 5.82. The molecule has 39 heavy (non-hydrogen) atoms. The van der Waals surface area contributed by atoms with Gasteiger partial charge in [0.2, 0.25) is 0 Å². The van der Waals surface area contributed by atoms with Gasteiger partial charge in [-0.25, -0.2) is 4.79 Å². The number of halogens is 2. The Labute approximate surface area is 237 Å². The van der Waals surface area contributed by atoms with Crippen molar-refractivity contribution in [3.63, 3.8) is 0 Å². The maximum Gasteiger partial charge on any atom is 0.410 e. The molecule has 5 rings (SSSR count). The second-order valence-electron chi connectivity index (χ2n) is 10.8. The molecule has 4 heterocycles. The van der Waals surface area contributed by atoms with Crippen LogP contribution in [-0.2, 0) is 22.6 Å². The van der Waals surface area contributed by atoms with E-state index in [9.17, 15) is 4.79 Å². The van der Waals surface area contributed by atoms with E-state index in [1.54, 1.807) is 17.2 Å². The van der Waals surface area contributed by atoms with Crippen LogP contribution in [-0.4, -0.2) is 81.8 Å². The van der Waals surface area contributed by atoms with Gasteiger partial charge in [0.25, 0.3) is 0 Å². The minimum atomic E-state index is -0.531. The molecule has 1 unspecified atom stereocenters. The molecular formula is C27H32Cl2N6O4. The van der Waals surface area contributed by atoms with Crippen molar-refractivity contribution in [2.24, 2.45) is 0 Å². The Balaban J connectivity index is 1.38. The molecule has 10 nitrogen and oxygen atoms in total. The number of rotatable bonds is 6. The Morgan fingerprint density at radius 2 is 2.13 bits per heavy atom. The predicted molar refractivity (Wildman–Crippen MR) is 148 cm³/mol. The van der Waals surface area contributed by atoms with E-state index in [0.29, 0.717) is 48.6 Å². The van der Waals surface area contributed by atoms with Gasteiger partial charge in [0.05, 0.1) is 46.4 Å². The van der Waals surface area contributed by atoms with Gasteiger partial charge in [-0.2, -0.15) is 10.4 Å². The van der Waals surface area contributed by atoms with Crippen LogP contribution < -0.4 is 4.74 Å². The van der Waals surface area contributed by atoms with Crippen molar-refractivity contribution < 1.29 is 19.0 Å². The average molecular weight is 575 g/mol. The van der Waals surface area contributed by atoms with Crippen LogP contribution >= 0.6 is 23.2 Å². The molecule has 1 amide bonds. The summed E-state index contributed by atoms with van der Waals surface area (Å²) in [6, 6.07) is 3.71. The van der Waals surface area contributed by atoms with Crippen LogP contribution in [0.2, 0.25) is 10.0 Å². The lowest BCUT2D eigenvalue weighted by Gasteiger charge is -2.36. The molecular weight excluding hydrogens is 543 g/mol. The fourth-order valence-corrected chi connectivity index (χ4v) is 5.71. The van der Waals surface area contributed by atoms with Crippen molar-refractivity contribution in [3.05, 3.63) is 34.2 Å². The quantitative estimate of drug-likeness (QED) is 0.437. The summed E-state index contributed by atoms with van der Waals surface area (Å²) in [5.41, 5.74) is 3.20. The van der Waals surface area contributed by atoms with E-state index in [1.807, 2.05) is 33.0 Å². The van der Waals surface area contributed by atoms with Crippen LogP contribution in [0.3, 0.4) is 0 Å². The van der Waals surface area contributed by atoms with E-state index in [4.69, 9.17) is 42.7 Å². The fraction of sp³-hybridized carbons (Fsp3) is 0.519. The van der Waals surface area contributed by atoms with E-state index in [0.717, 1.165) is 47.2 Å². The molecule has 2 aliphatic heterocycles. The normalized spacial score (nSPS) is 18.2. The second kappa shape index (κ2) is 11.3. The predicted octanol–water partition coefficient (Wildman–Crippen LogP) is 5.08. The van der Waals surface area contributed by atoms with Crippen molar-refractivity contribution in [2.45, 2.75) is 52.0 Å². The van der Waals surface area contributed by atoms with Crippen molar-refractivity contribution in [1.82, 2.24) is 24.6 Å². The first kappa shape index (κ1) is 27.6. The highest BCUT2D eigenvalue weighted by Crippen LogP contribution is 2.47. The molecule has 1 N–H and O–H groups in total. The van der Waals surface area contributed by atoms with Crippen LogP contribution in [0.15, 0.2) is 18.5 Å². The minimum Gasteiger partial charge on any atom is -0.478 e. The van der Waals surface area contributed by atoms with Gasteiger partial charge in [-0.3, -0.25) is 10.00 Å². The van der Waals surface area contributed by atoms with Gasteiger partial charge >= 0.3 is 6.09 Å². The molecule has 12 heteroatoms. The van der Waals surface area contributed by atoms with Crippen molar-refractivity contribution in [1.29, 1.82) is 5.26 Å². The van der Waals surface area contributed by atoms with Gasteiger partial charge in [0.15, 0.2) is 6.61 Å². The standard InChI is InChI=1S/C27H32Cl2N6O4/c1-27(2,3)39-26(36)34-9-11-37-18(15-34)4-6-33-7-8-35-20(16-33)22(17-13-31-32-14-17)23-21(38-10-5-30)12-19(28)24(29)25(23)35/h12-14,18H,4,6-11,15-16H2,1-3H3,(H,31,32). The maximum atomic E-state index is 12.6. The number of ether oxygens (including phenoxy) is 3. The second-order valence-corrected chi connectivity index (χ2v) is 11.6. The highest BCUT2D eigenvalue weighted by molar-refractivity contribution is 6.45. The molecule has 1 saturated heterocycles. The topological polar surface area (TPSA) is 109 Å². The molecule has 1 atom stereocenters. The lowest BCUT2D eigenvalue weighted by atomic mass is 10.0. The number of carbonyl (C=O) groups excluding carboxylic acids is 1. The summed E-state index contributed by atoms with van der Waals surface area (Å²) in [7, 11) is 0. The number of nitrogens with zero attached hydrogens (tertiary/aromatic N) is 5. The summed E-state index contributed by atoms with van der Waals surface area (Å²) in [5.74, 6) is 0.517. The summed E-state index contributed by atoms with van der Waals surface area (Å²) in [5, 5.41) is 17.9. The SMILES string of the molecule is CC(C)(C)OC(=O)N1CCOC(CCN2CCn3c(c(-c4cn[nH]c4)c4c(OCC#N)cc(Cl)c(Cl)c43)C2)C1. The summed E-state index contributed by atoms with van der Waals surface area (Å²) >= 11 is 13.2. The lowest BCUT2D eigenvalue weighted by molar-refractivity contribution is -0.0474. The number of hydrogen-bond acceptors (Lipinski definition) is 7. The van der Waals surface area contributed by atoms with Crippen LogP contribution in [0, 0.1) is 11.3 Å². The number of H-pyrrole nitrogens is 1. The zero-order valence-corrected chi connectivity index (χ0v) is 23.8. The molecule has 1 aromatic carbocycles. The number of aromatic nitrogens is 3. The number of morpholine rings is 1. The molecule has 2 aromatic heterocycles. The number of benzene rings is 1. The monoisotopic (exact) mass is 574 g/mol. The van der Waals surface area contributed by atoms with Crippen LogP contribution in [0.4, 0.5) is 4.79 Å². The van der Waals surface area contributed by atoms with Crippen LogP contribution in [0.5, 0.6) is 5.75 Å². The minimum absolute atomic E-state index is 0.0633. The number of nitriles is 1. The molecule has 0 spiro atoms. The molecule has 0 aliphatic carbocycles. The molecule has 1 fully saturated rings. The van der Waals surface area contributed by atoms with E-state index >= 15 is 0 Å². The van der Waals surface area contributed by atoms with Gasteiger partial charge < -0.3 is 23.7 Å². The lowest BCUT2D eigenvalue weighted by Crippen LogP contribution is -2.48. The summed E-state index contributed by atoms with van der Waals surface area (Å²) in [6.07, 6.45) is 4.03. The Kier molecular flexibility index (Phi) is 7.96. The Morgan fingerprint density at radius 1 is 1.31 bits per heavy atom. The smallest absolute Gasteiger partial charge is 0.410 e.